The number of aliphatic hydroxyl groups excluding tert-OH is 1. The number of halogens is 1. The molecule has 1 saturated carbocycles. The Kier molecular flexibility index (Phi) is 6.81. The highest BCUT2D eigenvalue weighted by Crippen LogP contribution is 2.41. The predicted molar refractivity (Wildman–Crippen MR) is 118 cm³/mol. The van der Waals surface area contributed by atoms with Gasteiger partial charge in [-0.25, -0.2) is 4.98 Å². The number of carbonyl (C=O) groups is 1. The first-order valence-electron chi connectivity index (χ1n) is 11.5. The van der Waals surface area contributed by atoms with Crippen molar-refractivity contribution in [3.05, 3.63) is 12.4 Å². The molecule has 2 aromatic heterocycles. The van der Waals surface area contributed by atoms with E-state index < -0.39 is 30.6 Å². The van der Waals surface area contributed by atoms with Gasteiger partial charge in [-0.3, -0.25) is 9.36 Å². The number of imidazole rings is 1. The summed E-state index contributed by atoms with van der Waals surface area (Å²) in [4.78, 5) is 24.3. The molecule has 2 aromatic rings. The Morgan fingerprint density at radius 1 is 1.42 bits per heavy atom. The Labute approximate surface area is 191 Å². The lowest BCUT2D eigenvalue weighted by molar-refractivity contribution is -0.164. The molecule has 10 heteroatoms. The van der Waals surface area contributed by atoms with Crippen molar-refractivity contribution in [3.8, 4) is 12.3 Å². The molecule has 9 nitrogen and oxygen atoms in total. The van der Waals surface area contributed by atoms with Gasteiger partial charge in [0, 0.05) is 6.42 Å². The van der Waals surface area contributed by atoms with Crippen LogP contribution in [-0.2, 0) is 14.3 Å². The molecule has 0 aromatic carbocycles. The van der Waals surface area contributed by atoms with Gasteiger partial charge in [-0.05, 0) is 31.6 Å². The second-order valence-corrected chi connectivity index (χ2v) is 8.99. The summed E-state index contributed by atoms with van der Waals surface area (Å²) in [5, 5.41) is 10.1. The maximum absolute atomic E-state index is 13.8. The van der Waals surface area contributed by atoms with Crippen molar-refractivity contribution < 1.29 is 23.8 Å². The summed E-state index contributed by atoms with van der Waals surface area (Å²) in [7, 11) is 0. The number of carbonyl (C=O) groups excluding carboxylic acids is 1. The normalized spacial score (nSPS) is 29.8. The summed E-state index contributed by atoms with van der Waals surface area (Å²) < 4.78 is 27.0. The number of terminal acetylenes is 1. The number of hydrogen-bond acceptors (Lipinski definition) is 8. The first-order chi connectivity index (χ1) is 15.9. The van der Waals surface area contributed by atoms with Crippen molar-refractivity contribution in [2.24, 2.45) is 11.8 Å². The molecule has 178 valence electrons. The summed E-state index contributed by atoms with van der Waals surface area (Å²) >= 11 is 0. The number of esters is 1. The first kappa shape index (κ1) is 23.4. The van der Waals surface area contributed by atoms with Gasteiger partial charge in [0.1, 0.15) is 12.3 Å². The monoisotopic (exact) mass is 459 g/mol. The highest BCUT2D eigenvalue weighted by atomic mass is 19.1. The number of hydrogen-bond donors (Lipinski definition) is 2. The summed E-state index contributed by atoms with van der Waals surface area (Å²) in [5.41, 5.74) is 4.57. The number of ether oxygens (including phenoxy) is 2. The van der Waals surface area contributed by atoms with Gasteiger partial charge in [-0.1, -0.05) is 32.1 Å². The van der Waals surface area contributed by atoms with Crippen molar-refractivity contribution in [1.82, 2.24) is 19.5 Å². The van der Waals surface area contributed by atoms with Crippen LogP contribution in [0.2, 0.25) is 0 Å². The molecule has 3 heterocycles. The highest BCUT2D eigenvalue weighted by molar-refractivity contribution is 5.81. The molecule has 0 bridgehead atoms. The predicted octanol–water partition coefficient (Wildman–Crippen LogP) is 2.74. The molecule has 1 aliphatic carbocycles. The van der Waals surface area contributed by atoms with Crippen LogP contribution in [0.1, 0.15) is 64.5 Å². The van der Waals surface area contributed by atoms with E-state index in [1.807, 2.05) is 0 Å². The fraction of sp³-hybridized carbons (Fsp3) is 0.652. The molecule has 1 aliphatic heterocycles. The minimum Gasteiger partial charge on any atom is -0.458 e. The lowest BCUT2D eigenvalue weighted by Crippen LogP contribution is -2.45. The third kappa shape index (κ3) is 4.52. The Morgan fingerprint density at radius 3 is 2.85 bits per heavy atom. The van der Waals surface area contributed by atoms with Crippen LogP contribution in [0.4, 0.5) is 10.2 Å². The largest absolute Gasteiger partial charge is 0.458 e. The maximum atomic E-state index is 13.8. The summed E-state index contributed by atoms with van der Waals surface area (Å²) in [6.07, 6.45) is 11.8. The van der Waals surface area contributed by atoms with Crippen molar-refractivity contribution in [1.29, 1.82) is 0 Å². The van der Waals surface area contributed by atoms with Gasteiger partial charge in [-0.2, -0.15) is 14.4 Å². The van der Waals surface area contributed by atoms with Crippen molar-refractivity contribution in [3.63, 3.8) is 0 Å². The summed E-state index contributed by atoms with van der Waals surface area (Å²) in [5.74, 6) is 2.52. The zero-order valence-electron chi connectivity index (χ0n) is 18.7. The molecule has 0 amide bonds. The summed E-state index contributed by atoms with van der Waals surface area (Å²) in [6, 6.07) is 0. The second kappa shape index (κ2) is 9.61. The standard InChI is InChI=1S/C23H30FN5O4/c1-3-5-6-14-7-9-15(10-8-14)21(31)32-16-11-17(33-23(16,4-2)12-30)29-13-26-18-19(25)27-22(24)28-20(18)29/h2,13-17,30H,3,5-12H2,1H3,(H2,25,27,28)/t14-,15-,16-,17+,23+/m0/s1. The second-order valence-electron chi connectivity index (χ2n) is 8.99. The van der Waals surface area contributed by atoms with Crippen LogP contribution < -0.4 is 5.73 Å². The number of unbranched alkanes of at least 4 members (excludes halogenated alkanes) is 1. The van der Waals surface area contributed by atoms with Gasteiger partial charge in [0.25, 0.3) is 0 Å². The topological polar surface area (TPSA) is 125 Å². The molecule has 4 rings (SSSR count). The molecule has 33 heavy (non-hydrogen) atoms. The number of nitrogens with zero attached hydrogens (tertiary/aromatic N) is 4. The number of rotatable bonds is 7. The quantitative estimate of drug-likeness (QED) is 0.368. The van der Waals surface area contributed by atoms with Gasteiger partial charge in [0.2, 0.25) is 0 Å². The molecule has 2 aliphatic rings. The fourth-order valence-corrected chi connectivity index (χ4v) is 4.90. The van der Waals surface area contributed by atoms with Gasteiger partial charge in [0.15, 0.2) is 22.6 Å². The molecular weight excluding hydrogens is 429 g/mol. The minimum absolute atomic E-state index is 0.0999. The average molecular weight is 460 g/mol. The molecule has 3 N–H and O–H groups in total. The van der Waals surface area contributed by atoms with Crippen LogP contribution in [-0.4, -0.2) is 48.9 Å². The van der Waals surface area contributed by atoms with E-state index in [2.05, 4.69) is 27.8 Å². The van der Waals surface area contributed by atoms with Gasteiger partial charge in [-0.15, -0.1) is 6.42 Å². The molecule has 0 spiro atoms. The van der Waals surface area contributed by atoms with Gasteiger partial charge < -0.3 is 20.3 Å². The minimum atomic E-state index is -1.52. The van der Waals surface area contributed by atoms with E-state index in [9.17, 15) is 14.3 Å². The van der Waals surface area contributed by atoms with Crippen molar-refractivity contribution >= 4 is 23.0 Å². The van der Waals surface area contributed by atoms with Crippen molar-refractivity contribution in [2.45, 2.75) is 76.2 Å². The Morgan fingerprint density at radius 2 is 2.18 bits per heavy atom. The van der Waals surface area contributed by atoms with Crippen LogP contribution in [0.25, 0.3) is 11.2 Å². The van der Waals surface area contributed by atoms with E-state index in [4.69, 9.17) is 21.6 Å². The molecular formula is C23H30FN5O4. The number of anilines is 1. The SMILES string of the molecule is C#C[C@]1(CO)O[C@@H](n2cnc3c(N)nc(F)nc32)C[C@@H]1OC(=O)[C@H]1CC[C@H](CCCC)CC1. The van der Waals surface area contributed by atoms with E-state index in [1.165, 1.54) is 30.2 Å². The number of aliphatic hydroxyl groups is 1. The van der Waals surface area contributed by atoms with E-state index in [0.29, 0.717) is 5.92 Å². The number of aromatic nitrogens is 4. The summed E-state index contributed by atoms with van der Waals surface area (Å²) in [6.45, 7) is 1.64. The zero-order valence-corrected chi connectivity index (χ0v) is 18.7. The first-order valence-corrected chi connectivity index (χ1v) is 11.5. The molecule has 2 fully saturated rings. The van der Waals surface area contributed by atoms with Crippen LogP contribution in [0, 0.1) is 30.3 Å². The van der Waals surface area contributed by atoms with Gasteiger partial charge >= 0.3 is 12.0 Å². The molecule has 1 saturated heterocycles. The Balaban J connectivity index is 1.48. The number of nitrogens with two attached hydrogens (primary N) is 1. The Bertz CT molecular complexity index is 1050. The van der Waals surface area contributed by atoms with E-state index in [1.54, 1.807) is 0 Å². The molecule has 0 radical (unpaired) electrons. The van der Waals surface area contributed by atoms with Crippen molar-refractivity contribution in [2.75, 3.05) is 12.3 Å². The molecule has 3 atom stereocenters. The fourth-order valence-electron chi connectivity index (χ4n) is 4.90. The van der Waals surface area contributed by atoms with Crippen LogP contribution >= 0.6 is 0 Å². The third-order valence-corrected chi connectivity index (χ3v) is 6.90. The number of fused-ring (bicyclic) bond motifs is 1. The van der Waals surface area contributed by atoms with Crippen LogP contribution in [0.3, 0.4) is 0 Å². The van der Waals surface area contributed by atoms with Crippen LogP contribution in [0.15, 0.2) is 6.33 Å². The zero-order chi connectivity index (χ0) is 23.6. The molecule has 0 unspecified atom stereocenters. The lowest BCUT2D eigenvalue weighted by Gasteiger charge is -2.31. The number of nitrogen functional groups attached to an aromatic ring is 1. The smallest absolute Gasteiger partial charge is 0.312 e. The maximum Gasteiger partial charge on any atom is 0.312 e. The van der Waals surface area contributed by atoms with Crippen LogP contribution in [0.5, 0.6) is 0 Å². The van der Waals surface area contributed by atoms with E-state index in [-0.39, 0.29) is 35.3 Å². The Hall–Kier alpha value is -2.77. The van der Waals surface area contributed by atoms with E-state index in [0.717, 1.165) is 25.7 Å². The lowest BCUT2D eigenvalue weighted by atomic mass is 9.80. The average Bonchev–Trinajstić information content (AvgIpc) is 3.39. The third-order valence-electron chi connectivity index (χ3n) is 6.90. The van der Waals surface area contributed by atoms with E-state index >= 15 is 0 Å². The highest BCUT2D eigenvalue weighted by Gasteiger charge is 2.51. The van der Waals surface area contributed by atoms with Gasteiger partial charge in [0.05, 0.1) is 18.9 Å².